The van der Waals surface area contributed by atoms with E-state index in [1.54, 1.807) is 0 Å². The van der Waals surface area contributed by atoms with Crippen LogP contribution in [0.25, 0.3) is 0 Å². The molecule has 1 aliphatic rings. The van der Waals surface area contributed by atoms with Crippen molar-refractivity contribution in [1.29, 1.82) is 0 Å². The lowest BCUT2D eigenvalue weighted by Gasteiger charge is -2.22. The van der Waals surface area contributed by atoms with Gasteiger partial charge in [0.2, 0.25) is 0 Å². The zero-order valence-corrected chi connectivity index (χ0v) is 13.4. The Bertz CT molecular complexity index is 427. The summed E-state index contributed by atoms with van der Waals surface area (Å²) in [6.45, 7) is 9.15. The van der Waals surface area contributed by atoms with E-state index < -0.39 is 0 Å². The van der Waals surface area contributed by atoms with E-state index in [1.165, 1.54) is 49.2 Å². The van der Waals surface area contributed by atoms with Crippen LogP contribution in [-0.2, 0) is 6.42 Å². The second-order valence-electron chi connectivity index (χ2n) is 6.38. The summed E-state index contributed by atoms with van der Waals surface area (Å²) in [6.07, 6.45) is 6.09. The minimum atomic E-state index is 0.293. The van der Waals surface area contributed by atoms with Gasteiger partial charge in [-0.15, -0.1) is 0 Å². The number of hydrogen-bond acceptors (Lipinski definition) is 2. The molecule has 2 nitrogen and oxygen atoms in total. The van der Waals surface area contributed by atoms with Crippen LogP contribution in [0.3, 0.4) is 0 Å². The normalized spacial score (nSPS) is 20.4. The van der Waals surface area contributed by atoms with Crippen LogP contribution < -0.4 is 10.6 Å². The molecular weight excluding hydrogens is 244 g/mol. The van der Waals surface area contributed by atoms with Crippen LogP contribution in [0.2, 0.25) is 0 Å². The monoisotopic (exact) mass is 274 g/mol. The highest BCUT2D eigenvalue weighted by Crippen LogP contribution is 2.29. The van der Waals surface area contributed by atoms with Gasteiger partial charge >= 0.3 is 0 Å². The van der Waals surface area contributed by atoms with Gasteiger partial charge in [0.15, 0.2) is 0 Å². The van der Waals surface area contributed by atoms with Crippen molar-refractivity contribution < 1.29 is 0 Å². The molecule has 112 valence electrons. The first kappa shape index (κ1) is 15.4. The first-order valence-electron chi connectivity index (χ1n) is 8.24. The molecule has 1 aromatic rings. The van der Waals surface area contributed by atoms with Gasteiger partial charge in [0.05, 0.1) is 0 Å². The molecule has 0 saturated carbocycles. The van der Waals surface area contributed by atoms with Crippen molar-refractivity contribution in [3.63, 3.8) is 0 Å². The lowest BCUT2D eigenvalue weighted by atomic mass is 10.0. The van der Waals surface area contributed by atoms with Crippen LogP contribution in [0.15, 0.2) is 18.2 Å². The van der Waals surface area contributed by atoms with E-state index in [2.05, 4.69) is 43.9 Å². The Hall–Kier alpha value is -1.02. The Morgan fingerprint density at radius 2 is 2.15 bits per heavy atom. The third kappa shape index (κ3) is 3.76. The Balaban J connectivity index is 2.03. The van der Waals surface area contributed by atoms with Gasteiger partial charge in [0.1, 0.15) is 0 Å². The second kappa shape index (κ2) is 7.12. The fourth-order valence-corrected chi connectivity index (χ4v) is 3.34. The van der Waals surface area contributed by atoms with Crippen molar-refractivity contribution in [3.8, 4) is 0 Å². The number of aryl methyl sites for hydroxylation is 1. The predicted octanol–water partition coefficient (Wildman–Crippen LogP) is 3.90. The number of benzene rings is 1. The van der Waals surface area contributed by atoms with Crippen LogP contribution in [0.5, 0.6) is 0 Å². The van der Waals surface area contributed by atoms with Gasteiger partial charge in [0.25, 0.3) is 0 Å². The Morgan fingerprint density at radius 3 is 2.80 bits per heavy atom. The molecule has 0 aliphatic carbocycles. The minimum Gasteiger partial charge on any atom is -0.371 e. The lowest BCUT2D eigenvalue weighted by Crippen LogP contribution is -2.22. The highest BCUT2D eigenvalue weighted by Gasteiger charge is 2.22. The van der Waals surface area contributed by atoms with Crippen LogP contribution in [-0.4, -0.2) is 19.1 Å². The quantitative estimate of drug-likeness (QED) is 0.852. The smallest absolute Gasteiger partial charge is 0.0396 e. The molecule has 2 heteroatoms. The summed E-state index contributed by atoms with van der Waals surface area (Å²) in [5, 5.41) is 0. The maximum atomic E-state index is 6.06. The zero-order valence-electron chi connectivity index (χ0n) is 13.4. The third-order valence-electron chi connectivity index (χ3n) is 4.61. The number of nitrogens with zero attached hydrogens (tertiary/aromatic N) is 1. The second-order valence-corrected chi connectivity index (χ2v) is 6.38. The highest BCUT2D eigenvalue weighted by molar-refractivity contribution is 5.55. The van der Waals surface area contributed by atoms with Gasteiger partial charge in [-0.1, -0.05) is 32.4 Å². The molecule has 2 rings (SSSR count). The molecule has 2 atom stereocenters. The number of anilines is 1. The summed E-state index contributed by atoms with van der Waals surface area (Å²) in [5.41, 5.74) is 10.3. The molecule has 1 heterocycles. The summed E-state index contributed by atoms with van der Waals surface area (Å²) < 4.78 is 0. The van der Waals surface area contributed by atoms with Crippen LogP contribution in [0, 0.1) is 12.8 Å². The fourth-order valence-electron chi connectivity index (χ4n) is 3.34. The van der Waals surface area contributed by atoms with Gasteiger partial charge in [-0.25, -0.2) is 0 Å². The van der Waals surface area contributed by atoms with Crippen molar-refractivity contribution in [2.24, 2.45) is 11.7 Å². The van der Waals surface area contributed by atoms with E-state index >= 15 is 0 Å². The number of rotatable bonds is 6. The maximum absolute atomic E-state index is 6.06. The lowest BCUT2D eigenvalue weighted by molar-refractivity contribution is 0.530. The van der Waals surface area contributed by atoms with Crippen molar-refractivity contribution >= 4 is 5.69 Å². The van der Waals surface area contributed by atoms with Crippen LogP contribution in [0.1, 0.15) is 50.7 Å². The summed E-state index contributed by atoms with van der Waals surface area (Å²) >= 11 is 0. The first-order chi connectivity index (χ1) is 9.63. The fraction of sp³-hybridized carbons (Fsp3) is 0.667. The van der Waals surface area contributed by atoms with Gasteiger partial charge in [-0.2, -0.15) is 0 Å². The number of hydrogen-bond donors (Lipinski definition) is 1. The average Bonchev–Trinajstić information content (AvgIpc) is 2.87. The predicted molar refractivity (Wildman–Crippen MR) is 88.4 cm³/mol. The molecule has 1 fully saturated rings. The van der Waals surface area contributed by atoms with Gasteiger partial charge < -0.3 is 10.6 Å². The summed E-state index contributed by atoms with van der Waals surface area (Å²) in [6, 6.07) is 7.20. The Kier molecular flexibility index (Phi) is 5.47. The molecule has 1 saturated heterocycles. The molecule has 1 aliphatic heterocycles. The molecule has 1 aromatic carbocycles. The van der Waals surface area contributed by atoms with Crippen LogP contribution >= 0.6 is 0 Å². The maximum Gasteiger partial charge on any atom is 0.0396 e. The van der Waals surface area contributed by atoms with E-state index in [0.717, 1.165) is 18.8 Å². The number of nitrogens with two attached hydrogens (primary N) is 1. The van der Waals surface area contributed by atoms with Crippen molar-refractivity contribution in [3.05, 3.63) is 29.3 Å². The zero-order chi connectivity index (χ0) is 14.5. The average molecular weight is 274 g/mol. The molecule has 0 aromatic heterocycles. The van der Waals surface area contributed by atoms with Gasteiger partial charge in [-0.05, 0) is 55.7 Å². The van der Waals surface area contributed by atoms with E-state index in [9.17, 15) is 0 Å². The van der Waals surface area contributed by atoms with Crippen molar-refractivity contribution in [2.75, 3.05) is 18.0 Å². The molecule has 0 spiro atoms. The van der Waals surface area contributed by atoms with E-state index in [1.807, 2.05) is 0 Å². The van der Waals surface area contributed by atoms with Crippen molar-refractivity contribution in [2.45, 2.75) is 58.9 Å². The molecule has 2 unspecified atom stereocenters. The van der Waals surface area contributed by atoms with E-state index in [-0.39, 0.29) is 0 Å². The first-order valence-corrected chi connectivity index (χ1v) is 8.24. The Morgan fingerprint density at radius 1 is 1.35 bits per heavy atom. The summed E-state index contributed by atoms with van der Waals surface area (Å²) in [5.74, 6) is 0.896. The van der Waals surface area contributed by atoms with Gasteiger partial charge in [0, 0.05) is 24.8 Å². The molecular formula is C18H30N2. The minimum absolute atomic E-state index is 0.293. The highest BCUT2D eigenvalue weighted by atomic mass is 15.2. The SMILES string of the molecule is CCCC1CCN(c2ccc(CC(N)CC)cc2C)C1. The molecule has 20 heavy (non-hydrogen) atoms. The Labute approximate surface area is 124 Å². The molecule has 0 bridgehead atoms. The topological polar surface area (TPSA) is 29.3 Å². The standard InChI is InChI=1S/C18H30N2/c1-4-6-15-9-10-20(13-15)18-8-7-16(11-14(18)3)12-17(19)5-2/h7-8,11,15,17H,4-6,9-10,12-13,19H2,1-3H3. The van der Waals surface area contributed by atoms with Crippen LogP contribution in [0.4, 0.5) is 5.69 Å². The van der Waals surface area contributed by atoms with E-state index in [4.69, 9.17) is 5.73 Å². The molecule has 2 N–H and O–H groups in total. The largest absolute Gasteiger partial charge is 0.371 e. The van der Waals surface area contributed by atoms with Gasteiger partial charge in [-0.3, -0.25) is 0 Å². The molecule has 0 radical (unpaired) electrons. The van der Waals surface area contributed by atoms with Crippen molar-refractivity contribution in [1.82, 2.24) is 0 Å². The van der Waals surface area contributed by atoms with E-state index in [0.29, 0.717) is 6.04 Å². The summed E-state index contributed by atoms with van der Waals surface area (Å²) in [7, 11) is 0. The summed E-state index contributed by atoms with van der Waals surface area (Å²) in [4.78, 5) is 2.57. The molecule has 0 amide bonds. The third-order valence-corrected chi connectivity index (χ3v) is 4.61.